The maximum Gasteiger partial charge on any atom is 2.00 e. The molecule has 0 aliphatic rings. The first-order valence-corrected chi connectivity index (χ1v) is 17.4. The predicted octanol–water partition coefficient (Wildman–Crippen LogP) is 6.28. The van der Waals surface area contributed by atoms with Crippen molar-refractivity contribution < 1.29 is 29.8 Å². The fourth-order valence-corrected chi connectivity index (χ4v) is 5.04. The van der Waals surface area contributed by atoms with E-state index in [2.05, 4.69) is 165 Å². The molecule has 0 spiro atoms. The first-order valence-electron chi connectivity index (χ1n) is 17.4. The number of aromatic amines is 2. The number of hydrogen-bond donors (Lipinski definition) is 2. The minimum absolute atomic E-state index is 0. The maximum absolute atomic E-state index is 4.89. The van der Waals surface area contributed by atoms with Gasteiger partial charge in [-0.1, -0.05) is 111 Å². The van der Waals surface area contributed by atoms with E-state index in [1.165, 1.54) is 34.2 Å². The summed E-state index contributed by atoms with van der Waals surface area (Å²) >= 11 is 0. The summed E-state index contributed by atoms with van der Waals surface area (Å²) in [4.78, 5) is 0. The smallest absolute Gasteiger partial charge is 1.00 e. The molecule has 4 aromatic heterocycles. The van der Waals surface area contributed by atoms with Crippen LogP contribution in [-0.4, -0.2) is 47.3 Å². The average molecular weight is 707 g/mol. The summed E-state index contributed by atoms with van der Waals surface area (Å²) in [6.45, 7) is 35.1. The molecule has 8 nitrogen and oxygen atoms in total. The van der Waals surface area contributed by atoms with Crippen molar-refractivity contribution in [3.05, 3.63) is 69.8 Å². The molecule has 0 amide bonds. The Morgan fingerprint density at radius 2 is 0.745 bits per heavy atom. The van der Waals surface area contributed by atoms with Crippen LogP contribution in [0.1, 0.15) is 204 Å². The monoisotopic (exact) mass is 706 g/mol. The van der Waals surface area contributed by atoms with E-state index in [0.717, 1.165) is 11.4 Å². The van der Waals surface area contributed by atoms with Crippen LogP contribution in [0.15, 0.2) is 24.3 Å². The van der Waals surface area contributed by atoms with Crippen LogP contribution >= 0.6 is 0 Å². The Kier molecular flexibility index (Phi) is 19.3. The van der Waals surface area contributed by atoms with Crippen molar-refractivity contribution in [3.63, 3.8) is 0 Å². The summed E-state index contributed by atoms with van der Waals surface area (Å²) < 4.78 is 4.51. The molecule has 4 aromatic rings. The fourth-order valence-electron chi connectivity index (χ4n) is 5.04. The van der Waals surface area contributed by atoms with E-state index in [9.17, 15) is 0 Å². The summed E-state index contributed by atoms with van der Waals surface area (Å²) in [5.74, 6) is 4.06. The molecule has 0 bridgehead atoms. The molecule has 0 saturated heterocycles. The largest absolute Gasteiger partial charge is 2.00 e. The van der Waals surface area contributed by atoms with E-state index in [0.29, 0.717) is 47.3 Å². The molecule has 4 heterocycles. The van der Waals surface area contributed by atoms with Gasteiger partial charge in [-0.3, -0.25) is 10.2 Å². The third kappa shape index (κ3) is 13.3. The van der Waals surface area contributed by atoms with Gasteiger partial charge in [-0.15, -0.1) is 0 Å². The van der Waals surface area contributed by atoms with Gasteiger partial charge in [0.1, 0.15) is 0 Å². The van der Waals surface area contributed by atoms with Crippen LogP contribution in [0.25, 0.3) is 0 Å². The maximum atomic E-state index is 4.89. The van der Waals surface area contributed by atoms with Crippen LogP contribution in [-0.2, 0) is 17.4 Å². The Labute approximate surface area is 303 Å². The van der Waals surface area contributed by atoms with Gasteiger partial charge in [-0.05, 0) is 83.0 Å². The molecular weight excluding hydrogens is 643 g/mol. The van der Waals surface area contributed by atoms with Gasteiger partial charge in [0.05, 0.1) is 22.8 Å². The van der Waals surface area contributed by atoms with Gasteiger partial charge in [0.15, 0.2) is 7.55 Å². The minimum atomic E-state index is -0.640. The third-order valence-corrected chi connectivity index (χ3v) is 8.28. The second kappa shape index (κ2) is 20.3. The molecule has 47 heavy (non-hydrogen) atoms. The van der Waals surface area contributed by atoms with Gasteiger partial charge in [-0.25, -0.2) is 10.2 Å². The quantitative estimate of drug-likeness (QED) is 0.190. The van der Waals surface area contributed by atoms with E-state index in [1.54, 1.807) is 0 Å². The molecule has 0 aliphatic carbocycles. The van der Waals surface area contributed by atoms with E-state index >= 15 is 0 Å². The normalized spacial score (nSPS) is 11.4. The average Bonchev–Trinajstić information content (AvgIpc) is 3.75. The second-order valence-electron chi connectivity index (χ2n) is 15.2. The summed E-state index contributed by atoms with van der Waals surface area (Å²) in [7, 11) is -0.640. The first-order chi connectivity index (χ1) is 20.9. The van der Waals surface area contributed by atoms with Crippen molar-refractivity contribution in [2.45, 2.75) is 158 Å². The van der Waals surface area contributed by atoms with Crippen molar-refractivity contribution in [3.8, 4) is 0 Å². The van der Waals surface area contributed by atoms with E-state index in [-0.39, 0.29) is 29.8 Å². The molecule has 0 unspecified atom stereocenters. The minimum Gasteiger partial charge on any atom is -1.00 e. The Balaban J connectivity index is 0.000000741. The molecule has 0 fully saturated rings. The molecular formula is C36H64BClCrN8. The molecule has 0 radical (unpaired) electrons. The van der Waals surface area contributed by atoms with Gasteiger partial charge in [0.25, 0.3) is 0 Å². The van der Waals surface area contributed by atoms with Crippen molar-refractivity contribution in [1.29, 1.82) is 0 Å². The van der Waals surface area contributed by atoms with Crippen molar-refractivity contribution >= 4 is 7.55 Å². The molecule has 4 rings (SSSR count). The first kappa shape index (κ1) is 44.7. The van der Waals surface area contributed by atoms with Gasteiger partial charge in [0, 0.05) is 11.4 Å². The third-order valence-electron chi connectivity index (χ3n) is 8.28. The number of halogens is 1. The Bertz CT molecular complexity index is 1270. The predicted molar refractivity (Wildman–Crippen MR) is 194 cm³/mol. The zero-order chi connectivity index (χ0) is 34.2. The van der Waals surface area contributed by atoms with Crippen LogP contribution < -0.4 is 12.4 Å². The van der Waals surface area contributed by atoms with Gasteiger partial charge in [-0.2, -0.15) is 10.2 Å². The topological polar surface area (TPSA) is 93.0 Å². The molecule has 0 saturated carbocycles. The molecule has 11 heteroatoms. The molecule has 0 atom stereocenters. The van der Waals surface area contributed by atoms with Crippen LogP contribution in [0.3, 0.4) is 0 Å². The fraction of sp³-hybridized carbons (Fsp3) is 0.667. The zero-order valence-corrected chi connectivity index (χ0v) is 34.4. The van der Waals surface area contributed by atoms with Gasteiger partial charge in [0.2, 0.25) is 0 Å². The number of nitrogens with one attached hydrogen (secondary N) is 2. The summed E-state index contributed by atoms with van der Waals surface area (Å²) in [5.41, 5.74) is 9.85. The van der Waals surface area contributed by atoms with Crippen LogP contribution in [0.5, 0.6) is 0 Å². The second-order valence-corrected chi connectivity index (χ2v) is 15.2. The molecule has 0 aliphatic heterocycles. The van der Waals surface area contributed by atoms with Crippen LogP contribution in [0, 0.1) is 0 Å². The summed E-state index contributed by atoms with van der Waals surface area (Å²) in [6, 6.07) is 8.85. The number of nitrogens with zero attached hydrogens (tertiary/aromatic N) is 6. The Hall–Kier alpha value is -2.27. The standard InChI is InChI=1S/C18H32BN4.2C9H16N2.ClH.Cr/c1-11(2)15-9-17(13(5)6)22(20-15)19-23-18(14(7)8)10-16(21-23)12(3)4;2*1-6(2)8-5-9(7(3)4)11-10-8;;/h9-14H,19H2,1-8H3;2*5-7H,1-4H3,(H,10,11);1H;/q-1;;;;+2/p-1. The zero-order valence-electron chi connectivity index (χ0n) is 32.4. The van der Waals surface area contributed by atoms with Crippen molar-refractivity contribution in [2.24, 2.45) is 0 Å². The van der Waals surface area contributed by atoms with Gasteiger partial charge >= 0.3 is 17.4 Å². The van der Waals surface area contributed by atoms with Crippen molar-refractivity contribution in [1.82, 2.24) is 39.8 Å². The number of aromatic nitrogens is 8. The van der Waals surface area contributed by atoms with E-state index in [1.807, 2.05) is 0 Å². The summed E-state index contributed by atoms with van der Waals surface area (Å²) in [6.07, 6.45) is 0. The Morgan fingerprint density at radius 1 is 0.447 bits per heavy atom. The molecule has 0 aromatic carbocycles. The number of rotatable bonds is 10. The SMILES string of the molecule is CC(C)c1cc(C(C)C)[nH]n1.CC(C)c1cc(C(C)C)[nH]n1.CC(C)c1cc(C(C)C)n([BH2-]n2nc(C(C)C)cc2C(C)C)n1.[Cl-].[Cr+2]. The summed E-state index contributed by atoms with van der Waals surface area (Å²) in [5, 5.41) is 24.3. The van der Waals surface area contributed by atoms with Crippen LogP contribution in [0.4, 0.5) is 0 Å². The number of H-pyrrole nitrogens is 2. The van der Waals surface area contributed by atoms with E-state index in [4.69, 9.17) is 10.2 Å². The van der Waals surface area contributed by atoms with Crippen LogP contribution in [0.2, 0.25) is 0 Å². The van der Waals surface area contributed by atoms with Crippen molar-refractivity contribution in [2.75, 3.05) is 0 Å². The Morgan fingerprint density at radius 3 is 0.936 bits per heavy atom. The number of hydrogen-bond acceptors (Lipinski definition) is 4. The van der Waals surface area contributed by atoms with Gasteiger partial charge < -0.3 is 21.6 Å². The molecule has 264 valence electrons. The van der Waals surface area contributed by atoms with E-state index < -0.39 is 7.55 Å². The molecule has 2 N–H and O–H groups in total.